The zero-order valence-corrected chi connectivity index (χ0v) is 11.4. The van der Waals surface area contributed by atoms with E-state index >= 15 is 0 Å². The van der Waals surface area contributed by atoms with Crippen molar-refractivity contribution in [3.05, 3.63) is 50.3 Å². The van der Waals surface area contributed by atoms with Gasteiger partial charge >= 0.3 is 5.63 Å². The Kier molecular flexibility index (Phi) is 2.74. The molecule has 4 heteroatoms. The summed E-state index contributed by atoms with van der Waals surface area (Å²) in [6.45, 7) is 2.55. The minimum absolute atomic E-state index is 0.304. The Morgan fingerprint density at radius 2 is 1.94 bits per heavy atom. The Hall–Kier alpha value is -1.55. The molecule has 0 fully saturated rings. The third-order valence-corrected chi connectivity index (χ3v) is 3.75. The molecule has 1 aliphatic heterocycles. The highest BCUT2D eigenvalue weighted by Gasteiger charge is 2.24. The van der Waals surface area contributed by atoms with Gasteiger partial charge in [-0.2, -0.15) is 0 Å². The van der Waals surface area contributed by atoms with Crippen molar-refractivity contribution in [2.24, 2.45) is 0 Å². The van der Waals surface area contributed by atoms with E-state index in [1.165, 1.54) is 0 Å². The van der Waals surface area contributed by atoms with Crippen molar-refractivity contribution in [1.29, 1.82) is 0 Å². The summed E-state index contributed by atoms with van der Waals surface area (Å²) in [6.07, 6.45) is 0.616. The molecule has 0 N–H and O–H groups in total. The van der Waals surface area contributed by atoms with Crippen LogP contribution in [-0.4, -0.2) is 6.61 Å². The minimum Gasteiger partial charge on any atom is -0.491 e. The van der Waals surface area contributed by atoms with E-state index in [4.69, 9.17) is 9.15 Å². The van der Waals surface area contributed by atoms with Gasteiger partial charge < -0.3 is 9.15 Å². The highest BCUT2D eigenvalue weighted by molar-refractivity contribution is 9.10. The van der Waals surface area contributed by atoms with Gasteiger partial charge in [0, 0.05) is 12.0 Å². The summed E-state index contributed by atoms with van der Waals surface area (Å²) in [4.78, 5) is 11.9. The largest absolute Gasteiger partial charge is 0.491 e. The molecule has 3 rings (SSSR count). The van der Waals surface area contributed by atoms with Crippen LogP contribution in [0.15, 0.2) is 37.9 Å². The van der Waals surface area contributed by atoms with Crippen molar-refractivity contribution in [2.75, 3.05) is 6.61 Å². The van der Waals surface area contributed by atoms with Gasteiger partial charge in [0.1, 0.15) is 10.2 Å². The van der Waals surface area contributed by atoms with Gasteiger partial charge in [-0.25, -0.2) is 4.79 Å². The number of fused-ring (bicyclic) bond motifs is 1. The van der Waals surface area contributed by atoms with Crippen LogP contribution >= 0.6 is 15.9 Å². The maximum Gasteiger partial charge on any atom is 0.343 e. The molecule has 92 valence electrons. The molecular formula is C14H11BrO3. The molecule has 0 radical (unpaired) electrons. The van der Waals surface area contributed by atoms with E-state index in [1.54, 1.807) is 0 Å². The Morgan fingerprint density at radius 3 is 2.67 bits per heavy atom. The van der Waals surface area contributed by atoms with Crippen molar-refractivity contribution in [2.45, 2.75) is 13.3 Å². The molecule has 0 bridgehead atoms. The van der Waals surface area contributed by atoms with E-state index < -0.39 is 0 Å². The Bertz CT molecular complexity index is 656. The van der Waals surface area contributed by atoms with E-state index in [2.05, 4.69) is 15.9 Å². The van der Waals surface area contributed by atoms with E-state index in [0.29, 0.717) is 30.1 Å². The summed E-state index contributed by atoms with van der Waals surface area (Å²) in [6, 6.07) is 7.82. The molecule has 2 aromatic rings. The molecule has 0 saturated carbocycles. The van der Waals surface area contributed by atoms with Crippen molar-refractivity contribution >= 4 is 15.9 Å². The minimum atomic E-state index is -0.304. The number of hydrogen-bond donors (Lipinski definition) is 0. The van der Waals surface area contributed by atoms with E-state index in [0.717, 1.165) is 15.6 Å². The first-order valence-corrected chi connectivity index (χ1v) is 6.51. The third kappa shape index (κ3) is 1.77. The number of ether oxygens (including phenoxy) is 1. The first-order valence-electron chi connectivity index (χ1n) is 5.72. The lowest BCUT2D eigenvalue weighted by molar-refractivity contribution is 0.353. The van der Waals surface area contributed by atoms with Gasteiger partial charge in [-0.3, -0.25) is 0 Å². The summed E-state index contributed by atoms with van der Waals surface area (Å²) in [5.74, 6) is 1.16. The number of benzene rings is 1. The summed E-state index contributed by atoms with van der Waals surface area (Å²) in [5.41, 5.74) is 2.34. The molecule has 1 aromatic carbocycles. The predicted octanol–water partition coefficient (Wildman–Crippen LogP) is 3.31. The molecule has 0 atom stereocenters. The molecule has 0 saturated heterocycles. The summed E-state index contributed by atoms with van der Waals surface area (Å²) < 4.78 is 11.6. The summed E-state index contributed by atoms with van der Waals surface area (Å²) >= 11 is 3.46. The fourth-order valence-corrected chi connectivity index (χ4v) is 2.70. The van der Waals surface area contributed by atoms with Crippen LogP contribution in [0.2, 0.25) is 0 Å². The Labute approximate surface area is 113 Å². The fraction of sp³-hybridized carbons (Fsp3) is 0.214. The third-order valence-electron chi connectivity index (χ3n) is 3.03. The van der Waals surface area contributed by atoms with Gasteiger partial charge in [0.2, 0.25) is 0 Å². The van der Waals surface area contributed by atoms with Crippen molar-refractivity contribution in [1.82, 2.24) is 0 Å². The van der Waals surface area contributed by atoms with Gasteiger partial charge in [0.05, 0.1) is 12.2 Å². The Morgan fingerprint density at radius 1 is 1.22 bits per heavy atom. The summed E-state index contributed by atoms with van der Waals surface area (Å²) in [7, 11) is 0. The average molecular weight is 307 g/mol. The predicted molar refractivity (Wildman–Crippen MR) is 72.1 cm³/mol. The molecular weight excluding hydrogens is 296 g/mol. The molecule has 2 heterocycles. The lowest BCUT2D eigenvalue weighted by Gasteiger charge is -2.07. The maximum absolute atomic E-state index is 11.9. The monoisotopic (exact) mass is 306 g/mol. The normalized spacial score (nSPS) is 13.2. The second kappa shape index (κ2) is 4.28. The van der Waals surface area contributed by atoms with Crippen LogP contribution in [-0.2, 0) is 6.42 Å². The molecule has 0 spiro atoms. The number of aryl methyl sites for hydroxylation is 1. The van der Waals surface area contributed by atoms with Crippen molar-refractivity contribution in [3.63, 3.8) is 0 Å². The standard InChI is InChI=1S/C14H11BrO3/c1-8-2-4-9(5-3-8)12-11(15)13-10(6-7-17-13)14(16)18-12/h2-5H,6-7H2,1H3. The zero-order valence-electron chi connectivity index (χ0n) is 9.83. The van der Waals surface area contributed by atoms with Crippen LogP contribution in [0.4, 0.5) is 0 Å². The molecule has 18 heavy (non-hydrogen) atoms. The van der Waals surface area contributed by atoms with Crippen LogP contribution in [0.25, 0.3) is 11.3 Å². The second-order valence-corrected chi connectivity index (χ2v) is 5.10. The lowest BCUT2D eigenvalue weighted by atomic mass is 10.1. The lowest BCUT2D eigenvalue weighted by Crippen LogP contribution is -2.05. The van der Waals surface area contributed by atoms with Gasteiger partial charge in [-0.15, -0.1) is 0 Å². The number of rotatable bonds is 1. The van der Waals surface area contributed by atoms with Gasteiger partial charge in [-0.1, -0.05) is 29.8 Å². The summed E-state index contributed by atoms with van der Waals surface area (Å²) in [5, 5.41) is 0. The zero-order chi connectivity index (χ0) is 12.7. The van der Waals surface area contributed by atoms with Gasteiger partial charge in [-0.05, 0) is 22.9 Å². The average Bonchev–Trinajstić information content (AvgIpc) is 2.85. The maximum atomic E-state index is 11.9. The van der Waals surface area contributed by atoms with Gasteiger partial charge in [0.15, 0.2) is 5.76 Å². The Balaban J connectivity index is 2.22. The van der Waals surface area contributed by atoms with Crippen molar-refractivity contribution in [3.8, 4) is 17.1 Å². The number of hydrogen-bond acceptors (Lipinski definition) is 3. The van der Waals surface area contributed by atoms with Gasteiger partial charge in [0.25, 0.3) is 0 Å². The van der Waals surface area contributed by atoms with Crippen LogP contribution in [0, 0.1) is 6.92 Å². The first kappa shape index (κ1) is 11.5. The first-order chi connectivity index (χ1) is 8.66. The molecule has 0 aliphatic carbocycles. The molecule has 3 nitrogen and oxygen atoms in total. The highest BCUT2D eigenvalue weighted by Crippen LogP contribution is 2.38. The van der Waals surface area contributed by atoms with E-state index in [-0.39, 0.29) is 5.63 Å². The topological polar surface area (TPSA) is 39.4 Å². The SMILES string of the molecule is Cc1ccc(-c2oc(=O)c3c(c2Br)OCC3)cc1. The second-order valence-electron chi connectivity index (χ2n) is 4.30. The van der Waals surface area contributed by atoms with Crippen LogP contribution < -0.4 is 10.4 Å². The quantitative estimate of drug-likeness (QED) is 0.811. The van der Waals surface area contributed by atoms with Crippen LogP contribution in [0.5, 0.6) is 5.75 Å². The molecule has 1 aromatic heterocycles. The number of halogens is 1. The highest BCUT2D eigenvalue weighted by atomic mass is 79.9. The smallest absolute Gasteiger partial charge is 0.343 e. The molecule has 1 aliphatic rings. The molecule has 0 unspecified atom stereocenters. The van der Waals surface area contributed by atoms with E-state index in [9.17, 15) is 4.79 Å². The van der Waals surface area contributed by atoms with Crippen molar-refractivity contribution < 1.29 is 9.15 Å². The van der Waals surface area contributed by atoms with E-state index in [1.807, 2.05) is 31.2 Å². The van der Waals surface area contributed by atoms with Crippen LogP contribution in [0.3, 0.4) is 0 Å². The fourth-order valence-electron chi connectivity index (χ4n) is 2.04. The van der Waals surface area contributed by atoms with Crippen LogP contribution in [0.1, 0.15) is 11.1 Å². The molecule has 0 amide bonds.